The van der Waals surface area contributed by atoms with E-state index in [9.17, 15) is 4.79 Å². The van der Waals surface area contributed by atoms with E-state index < -0.39 is 0 Å². The number of rotatable bonds is 5. The Labute approximate surface area is 101 Å². The molecular weight excluding hydrogens is 218 g/mol. The zero-order chi connectivity index (χ0) is 11.4. The lowest BCUT2D eigenvalue weighted by Gasteiger charge is -2.25. The summed E-state index contributed by atoms with van der Waals surface area (Å²) in [6.07, 6.45) is 4.57. The van der Waals surface area contributed by atoms with Crippen molar-refractivity contribution in [3.63, 3.8) is 0 Å². The number of thiophene rings is 1. The molecular formula is C13H19NOS. The maximum atomic E-state index is 12.4. The molecule has 0 aromatic carbocycles. The highest BCUT2D eigenvalue weighted by Crippen LogP contribution is 2.21. The molecule has 1 aliphatic heterocycles. The minimum atomic E-state index is 0.131. The highest BCUT2D eigenvalue weighted by atomic mass is 32.1. The Bertz CT molecular complexity index is 328. The lowest BCUT2D eigenvalue weighted by molar-refractivity contribution is 0.0841. The second-order valence-corrected chi connectivity index (χ2v) is 5.34. The van der Waals surface area contributed by atoms with Gasteiger partial charge >= 0.3 is 0 Å². The molecule has 0 radical (unpaired) electrons. The van der Waals surface area contributed by atoms with Gasteiger partial charge in [-0.2, -0.15) is 0 Å². The van der Waals surface area contributed by atoms with E-state index in [4.69, 9.17) is 0 Å². The van der Waals surface area contributed by atoms with Crippen LogP contribution in [0.4, 0.5) is 0 Å². The summed E-state index contributed by atoms with van der Waals surface area (Å²) in [5.41, 5.74) is 0. The predicted molar refractivity (Wildman–Crippen MR) is 68.2 cm³/mol. The van der Waals surface area contributed by atoms with Crippen LogP contribution in [0, 0.1) is 0 Å². The minimum absolute atomic E-state index is 0.131. The molecule has 0 aliphatic carbocycles. The zero-order valence-corrected chi connectivity index (χ0v) is 10.6. The Balaban J connectivity index is 2.09. The summed E-state index contributed by atoms with van der Waals surface area (Å²) >= 11 is 1.57. The van der Waals surface area contributed by atoms with Gasteiger partial charge in [0, 0.05) is 0 Å². The molecule has 0 N–H and O–H groups in total. The number of ketones is 1. The van der Waals surface area contributed by atoms with Gasteiger partial charge < -0.3 is 0 Å². The Kier molecular flexibility index (Phi) is 4.13. The monoisotopic (exact) mass is 237 g/mol. The van der Waals surface area contributed by atoms with E-state index >= 15 is 0 Å². The molecule has 88 valence electrons. The molecule has 1 unspecified atom stereocenters. The van der Waals surface area contributed by atoms with E-state index in [-0.39, 0.29) is 6.04 Å². The van der Waals surface area contributed by atoms with Crippen LogP contribution in [0.1, 0.15) is 42.3 Å². The van der Waals surface area contributed by atoms with Crippen molar-refractivity contribution in [2.24, 2.45) is 0 Å². The molecule has 1 saturated heterocycles. The average molecular weight is 237 g/mol. The van der Waals surface area contributed by atoms with Crippen LogP contribution in [0.25, 0.3) is 0 Å². The average Bonchev–Trinajstić information content (AvgIpc) is 2.96. The molecule has 0 amide bonds. The van der Waals surface area contributed by atoms with E-state index in [1.165, 1.54) is 12.8 Å². The van der Waals surface area contributed by atoms with Crippen molar-refractivity contribution in [1.82, 2.24) is 4.90 Å². The number of Topliss-reactive ketones (excluding diaryl/α,β-unsaturated/α-hetero) is 1. The van der Waals surface area contributed by atoms with Crippen LogP contribution in [0.3, 0.4) is 0 Å². The highest BCUT2D eigenvalue weighted by Gasteiger charge is 2.28. The zero-order valence-electron chi connectivity index (χ0n) is 9.82. The summed E-state index contributed by atoms with van der Waals surface area (Å²) in [4.78, 5) is 15.6. The molecule has 0 saturated carbocycles. The third-order valence-corrected chi connectivity index (χ3v) is 4.09. The van der Waals surface area contributed by atoms with E-state index in [0.29, 0.717) is 5.78 Å². The predicted octanol–water partition coefficient (Wildman–Crippen LogP) is 3.20. The van der Waals surface area contributed by atoms with E-state index in [1.54, 1.807) is 11.3 Å². The fourth-order valence-corrected chi connectivity index (χ4v) is 3.10. The Morgan fingerprint density at radius 2 is 2.25 bits per heavy atom. The van der Waals surface area contributed by atoms with Crippen LogP contribution in [0.15, 0.2) is 17.5 Å². The number of carbonyl (C=O) groups is 1. The molecule has 1 aromatic heterocycles. The molecule has 2 rings (SSSR count). The third kappa shape index (κ3) is 2.53. The van der Waals surface area contributed by atoms with Crippen molar-refractivity contribution in [3.8, 4) is 0 Å². The highest BCUT2D eigenvalue weighted by molar-refractivity contribution is 7.12. The van der Waals surface area contributed by atoms with Crippen LogP contribution in [0.5, 0.6) is 0 Å². The number of hydrogen-bond acceptors (Lipinski definition) is 3. The summed E-state index contributed by atoms with van der Waals surface area (Å²) in [6.45, 7) is 4.36. The number of likely N-dealkylation sites (tertiary alicyclic amines) is 1. The van der Waals surface area contributed by atoms with Gasteiger partial charge in [-0.3, -0.25) is 9.69 Å². The van der Waals surface area contributed by atoms with Crippen molar-refractivity contribution < 1.29 is 4.79 Å². The lowest BCUT2D eigenvalue weighted by Crippen LogP contribution is -2.38. The van der Waals surface area contributed by atoms with Gasteiger partial charge in [-0.05, 0) is 43.8 Å². The molecule has 0 spiro atoms. The van der Waals surface area contributed by atoms with Crippen LogP contribution in [-0.4, -0.2) is 29.8 Å². The summed E-state index contributed by atoms with van der Waals surface area (Å²) in [6, 6.07) is 4.04. The van der Waals surface area contributed by atoms with Crippen LogP contribution < -0.4 is 0 Å². The second kappa shape index (κ2) is 5.60. The summed E-state index contributed by atoms with van der Waals surface area (Å²) in [7, 11) is 0. The van der Waals surface area contributed by atoms with Gasteiger partial charge in [0.15, 0.2) is 5.78 Å². The van der Waals surface area contributed by atoms with Crippen LogP contribution in [-0.2, 0) is 0 Å². The van der Waals surface area contributed by atoms with Gasteiger partial charge in [0.2, 0.25) is 0 Å². The first-order chi connectivity index (χ1) is 7.83. The fraction of sp³-hybridized carbons (Fsp3) is 0.615. The van der Waals surface area contributed by atoms with E-state index in [0.717, 1.165) is 30.8 Å². The van der Waals surface area contributed by atoms with Gasteiger partial charge in [-0.25, -0.2) is 0 Å². The van der Waals surface area contributed by atoms with Gasteiger partial charge in [0.25, 0.3) is 0 Å². The van der Waals surface area contributed by atoms with Gasteiger partial charge in [-0.1, -0.05) is 19.4 Å². The van der Waals surface area contributed by atoms with E-state index in [2.05, 4.69) is 11.8 Å². The molecule has 16 heavy (non-hydrogen) atoms. The van der Waals surface area contributed by atoms with Gasteiger partial charge in [0.05, 0.1) is 10.9 Å². The number of nitrogens with zero attached hydrogens (tertiary/aromatic N) is 1. The molecule has 2 heterocycles. The van der Waals surface area contributed by atoms with Crippen molar-refractivity contribution in [2.45, 2.75) is 38.6 Å². The summed E-state index contributed by atoms with van der Waals surface area (Å²) in [5, 5.41) is 1.99. The molecule has 1 fully saturated rings. The molecule has 0 bridgehead atoms. The van der Waals surface area contributed by atoms with Gasteiger partial charge in [0.1, 0.15) is 0 Å². The largest absolute Gasteiger partial charge is 0.293 e. The molecule has 3 heteroatoms. The Morgan fingerprint density at radius 3 is 2.81 bits per heavy atom. The molecule has 2 nitrogen and oxygen atoms in total. The van der Waals surface area contributed by atoms with Crippen molar-refractivity contribution in [1.29, 1.82) is 0 Å². The van der Waals surface area contributed by atoms with Gasteiger partial charge in [-0.15, -0.1) is 11.3 Å². The van der Waals surface area contributed by atoms with Crippen molar-refractivity contribution >= 4 is 17.1 Å². The van der Waals surface area contributed by atoms with Crippen LogP contribution >= 0.6 is 11.3 Å². The lowest BCUT2D eigenvalue weighted by atomic mass is 10.0. The number of carbonyl (C=O) groups excluding carboxylic acids is 1. The second-order valence-electron chi connectivity index (χ2n) is 4.39. The topological polar surface area (TPSA) is 20.3 Å². The summed E-state index contributed by atoms with van der Waals surface area (Å²) < 4.78 is 0. The normalized spacial score (nSPS) is 18.8. The Morgan fingerprint density at radius 1 is 1.50 bits per heavy atom. The first-order valence-corrected chi connectivity index (χ1v) is 7.02. The van der Waals surface area contributed by atoms with Crippen LogP contribution in [0.2, 0.25) is 0 Å². The maximum Gasteiger partial charge on any atom is 0.189 e. The SMILES string of the molecule is CCCC(C(=O)c1cccs1)N1CCCC1. The van der Waals surface area contributed by atoms with Crippen molar-refractivity contribution in [3.05, 3.63) is 22.4 Å². The van der Waals surface area contributed by atoms with Crippen molar-refractivity contribution in [2.75, 3.05) is 13.1 Å². The van der Waals surface area contributed by atoms with E-state index in [1.807, 2.05) is 17.5 Å². The molecule has 1 aromatic rings. The molecule has 1 atom stereocenters. The molecule has 1 aliphatic rings. The quantitative estimate of drug-likeness (QED) is 0.733. The Hall–Kier alpha value is -0.670. The summed E-state index contributed by atoms with van der Waals surface area (Å²) in [5.74, 6) is 0.332. The number of hydrogen-bond donors (Lipinski definition) is 0. The fourth-order valence-electron chi connectivity index (χ4n) is 2.39. The first-order valence-electron chi connectivity index (χ1n) is 6.14. The first kappa shape index (κ1) is 11.8. The maximum absolute atomic E-state index is 12.4. The third-order valence-electron chi connectivity index (χ3n) is 3.21. The minimum Gasteiger partial charge on any atom is -0.293 e. The smallest absolute Gasteiger partial charge is 0.189 e. The standard InChI is InChI=1S/C13H19NOS/c1-2-6-11(14-8-3-4-9-14)13(15)12-7-5-10-16-12/h5,7,10-11H,2-4,6,8-9H2,1H3.